The number of urea groups is 1. The monoisotopic (exact) mass is 406 g/mol. The molecular weight excluding hydrogens is 380 g/mol. The van der Waals surface area contributed by atoms with Crippen molar-refractivity contribution in [3.63, 3.8) is 0 Å². The molecule has 1 saturated heterocycles. The molecule has 3 rings (SSSR count). The summed E-state index contributed by atoms with van der Waals surface area (Å²) in [5.74, 6) is 0. The predicted molar refractivity (Wildman–Crippen MR) is 111 cm³/mol. The van der Waals surface area contributed by atoms with E-state index in [-0.39, 0.29) is 18.2 Å². The topological polar surface area (TPSA) is 66.5 Å². The molecule has 146 valence electrons. The number of amides is 2. The maximum atomic E-state index is 12.1. The summed E-state index contributed by atoms with van der Waals surface area (Å²) in [6.07, 6.45) is 0.486. The lowest BCUT2D eigenvalue weighted by Gasteiger charge is -2.35. The number of carbonyl (C=O) groups is 1. The number of ether oxygens (including phenoxy) is 1. The molecule has 1 aromatic heterocycles. The van der Waals surface area contributed by atoms with Crippen LogP contribution in [0.4, 0.5) is 10.5 Å². The van der Waals surface area contributed by atoms with Gasteiger partial charge in [-0.2, -0.15) is 0 Å². The van der Waals surface area contributed by atoms with Gasteiger partial charge in [0.05, 0.1) is 12.2 Å². The zero-order chi connectivity index (χ0) is 19.2. The van der Waals surface area contributed by atoms with Crippen molar-refractivity contribution in [1.29, 1.82) is 0 Å². The molecule has 8 heteroatoms. The Morgan fingerprint density at radius 1 is 1.30 bits per heavy atom. The first-order valence-electron chi connectivity index (χ1n) is 9.10. The zero-order valence-electron chi connectivity index (χ0n) is 15.9. The highest BCUT2D eigenvalue weighted by atomic mass is 32.2. The van der Waals surface area contributed by atoms with Gasteiger partial charge in [0.1, 0.15) is 0 Å². The highest BCUT2D eigenvalue weighted by molar-refractivity contribution is 8.01. The lowest BCUT2D eigenvalue weighted by molar-refractivity contribution is -0.0672. The van der Waals surface area contributed by atoms with Gasteiger partial charge in [-0.1, -0.05) is 11.8 Å². The van der Waals surface area contributed by atoms with Crippen molar-refractivity contribution in [2.24, 2.45) is 0 Å². The number of rotatable bonds is 6. The molecule has 6 nitrogen and oxygen atoms in total. The molecule has 2 amide bonds. The van der Waals surface area contributed by atoms with Crippen molar-refractivity contribution in [2.75, 3.05) is 31.5 Å². The average molecular weight is 407 g/mol. The summed E-state index contributed by atoms with van der Waals surface area (Å²) in [6.45, 7) is 9.42. The molecule has 0 spiro atoms. The molecular formula is C19H26N4O2S2. The number of nitrogens with one attached hydrogen (secondary N) is 2. The number of morpholine rings is 1. The second-order valence-corrected chi connectivity index (χ2v) is 8.96. The van der Waals surface area contributed by atoms with Crippen molar-refractivity contribution >= 4 is 34.8 Å². The molecule has 2 atom stereocenters. The van der Waals surface area contributed by atoms with Gasteiger partial charge in [-0.25, -0.2) is 9.78 Å². The smallest absolute Gasteiger partial charge is 0.319 e. The largest absolute Gasteiger partial charge is 0.373 e. The second-order valence-electron chi connectivity index (χ2n) is 6.78. The maximum Gasteiger partial charge on any atom is 0.319 e. The van der Waals surface area contributed by atoms with E-state index in [0.717, 1.165) is 40.3 Å². The van der Waals surface area contributed by atoms with Gasteiger partial charge < -0.3 is 15.4 Å². The fourth-order valence-electron chi connectivity index (χ4n) is 3.06. The van der Waals surface area contributed by atoms with Gasteiger partial charge in [0.15, 0.2) is 4.34 Å². The van der Waals surface area contributed by atoms with Gasteiger partial charge in [0.2, 0.25) is 0 Å². The van der Waals surface area contributed by atoms with Gasteiger partial charge in [-0.15, -0.1) is 11.3 Å². The SMILES string of the molecule is Cc1csc(Sc2ccc(NC(=O)NCCN3C[C@@H](C)O[C@@H](C)C3)cc2)n1. The summed E-state index contributed by atoms with van der Waals surface area (Å²) in [7, 11) is 0. The van der Waals surface area contributed by atoms with E-state index in [1.165, 1.54) is 0 Å². The summed E-state index contributed by atoms with van der Waals surface area (Å²) in [5.41, 5.74) is 1.82. The number of hydrogen-bond donors (Lipinski definition) is 2. The molecule has 2 heterocycles. The summed E-state index contributed by atoms with van der Waals surface area (Å²) >= 11 is 3.27. The normalized spacial score (nSPS) is 20.4. The Morgan fingerprint density at radius 2 is 2.00 bits per heavy atom. The standard InChI is InChI=1S/C19H26N4O2S2/c1-13-12-26-19(21-13)27-17-6-4-16(5-7-17)22-18(24)20-8-9-23-10-14(2)25-15(3)11-23/h4-7,12,14-15H,8-11H2,1-3H3,(H2,20,22,24)/t14-,15+. The van der Waals surface area contributed by atoms with E-state index < -0.39 is 0 Å². The molecule has 0 bridgehead atoms. The number of thiazole rings is 1. The first-order chi connectivity index (χ1) is 13.0. The van der Waals surface area contributed by atoms with Crippen LogP contribution in [-0.2, 0) is 4.74 Å². The lowest BCUT2D eigenvalue weighted by atomic mass is 10.2. The minimum Gasteiger partial charge on any atom is -0.373 e. The van der Waals surface area contributed by atoms with E-state index in [4.69, 9.17) is 4.74 Å². The Kier molecular flexibility index (Phi) is 7.12. The Labute approximate surface area is 168 Å². The minimum atomic E-state index is -0.180. The summed E-state index contributed by atoms with van der Waals surface area (Å²) in [6, 6.07) is 7.63. The second kappa shape index (κ2) is 9.54. The minimum absolute atomic E-state index is 0.180. The molecule has 27 heavy (non-hydrogen) atoms. The van der Waals surface area contributed by atoms with Crippen LogP contribution in [0.3, 0.4) is 0 Å². The molecule has 1 aromatic carbocycles. The van der Waals surface area contributed by atoms with Crippen molar-refractivity contribution in [2.45, 2.75) is 42.2 Å². The van der Waals surface area contributed by atoms with Crippen LogP contribution in [-0.4, -0.2) is 54.3 Å². The van der Waals surface area contributed by atoms with Gasteiger partial charge in [0, 0.05) is 47.8 Å². The Bertz CT molecular complexity index is 740. The first-order valence-corrected chi connectivity index (χ1v) is 10.8. The van der Waals surface area contributed by atoms with Gasteiger partial charge in [0.25, 0.3) is 0 Å². The van der Waals surface area contributed by atoms with Crippen LogP contribution in [0.15, 0.2) is 38.9 Å². The van der Waals surface area contributed by atoms with Crippen LogP contribution in [0.2, 0.25) is 0 Å². The Hall–Kier alpha value is -1.61. The number of aromatic nitrogens is 1. The quantitative estimate of drug-likeness (QED) is 0.763. The molecule has 2 aromatic rings. The fraction of sp³-hybridized carbons (Fsp3) is 0.474. The number of anilines is 1. The summed E-state index contributed by atoms with van der Waals surface area (Å²) in [5, 5.41) is 7.84. The van der Waals surface area contributed by atoms with Crippen LogP contribution in [0.5, 0.6) is 0 Å². The van der Waals surface area contributed by atoms with Crippen LogP contribution in [0.1, 0.15) is 19.5 Å². The predicted octanol–water partition coefficient (Wildman–Crippen LogP) is 3.83. The van der Waals surface area contributed by atoms with Gasteiger partial charge in [-0.05, 0) is 45.0 Å². The molecule has 0 unspecified atom stereocenters. The van der Waals surface area contributed by atoms with E-state index in [1.54, 1.807) is 23.1 Å². The average Bonchev–Trinajstić information content (AvgIpc) is 3.01. The van der Waals surface area contributed by atoms with Crippen LogP contribution >= 0.6 is 23.1 Å². The maximum absolute atomic E-state index is 12.1. The molecule has 1 aliphatic rings. The van der Waals surface area contributed by atoms with Gasteiger partial charge >= 0.3 is 6.03 Å². The van der Waals surface area contributed by atoms with Crippen LogP contribution in [0.25, 0.3) is 0 Å². The molecule has 2 N–H and O–H groups in total. The highest BCUT2D eigenvalue weighted by Crippen LogP contribution is 2.30. The van der Waals surface area contributed by atoms with E-state index in [0.29, 0.717) is 6.54 Å². The molecule has 0 aliphatic carbocycles. The molecule has 1 fully saturated rings. The Morgan fingerprint density at radius 3 is 2.63 bits per heavy atom. The van der Waals surface area contributed by atoms with Crippen molar-refractivity contribution in [3.8, 4) is 0 Å². The Balaban J connectivity index is 1.40. The van der Waals surface area contributed by atoms with Crippen LogP contribution < -0.4 is 10.6 Å². The third-order valence-corrected chi connectivity index (χ3v) is 6.19. The van der Waals surface area contributed by atoms with Crippen molar-refractivity contribution < 1.29 is 9.53 Å². The zero-order valence-corrected chi connectivity index (χ0v) is 17.5. The van der Waals surface area contributed by atoms with E-state index in [2.05, 4.69) is 34.4 Å². The molecule has 1 aliphatic heterocycles. The van der Waals surface area contributed by atoms with Gasteiger partial charge in [-0.3, -0.25) is 4.90 Å². The third kappa shape index (κ3) is 6.49. The van der Waals surface area contributed by atoms with Crippen molar-refractivity contribution in [3.05, 3.63) is 35.3 Å². The number of aryl methyl sites for hydroxylation is 1. The summed E-state index contributed by atoms with van der Waals surface area (Å²) in [4.78, 5) is 20.0. The summed E-state index contributed by atoms with van der Waals surface area (Å²) < 4.78 is 6.75. The lowest BCUT2D eigenvalue weighted by Crippen LogP contribution is -2.48. The number of benzene rings is 1. The van der Waals surface area contributed by atoms with E-state index in [9.17, 15) is 4.79 Å². The number of carbonyl (C=O) groups excluding carboxylic acids is 1. The molecule has 0 saturated carbocycles. The highest BCUT2D eigenvalue weighted by Gasteiger charge is 2.21. The number of nitrogens with zero attached hydrogens (tertiary/aromatic N) is 2. The van der Waals surface area contributed by atoms with Crippen molar-refractivity contribution in [1.82, 2.24) is 15.2 Å². The molecule has 0 radical (unpaired) electrons. The van der Waals surface area contributed by atoms with Crippen LogP contribution in [0, 0.1) is 6.92 Å². The van der Waals surface area contributed by atoms with E-state index >= 15 is 0 Å². The third-order valence-electron chi connectivity index (χ3n) is 4.12. The number of hydrogen-bond acceptors (Lipinski definition) is 6. The first kappa shape index (κ1) is 20.1. The fourth-order valence-corrected chi connectivity index (χ4v) is 4.87. The van der Waals surface area contributed by atoms with E-state index in [1.807, 2.05) is 36.6 Å².